The number of benzene rings is 2. The first-order valence-corrected chi connectivity index (χ1v) is 8.50. The second kappa shape index (κ2) is 6.18. The minimum Gasteiger partial charge on any atom is -0.399 e. The fourth-order valence-corrected chi connectivity index (χ4v) is 2.92. The van der Waals surface area contributed by atoms with Crippen molar-refractivity contribution in [1.82, 2.24) is 0 Å². The van der Waals surface area contributed by atoms with Gasteiger partial charge in [0, 0.05) is 17.9 Å². The van der Waals surface area contributed by atoms with E-state index in [0.717, 1.165) is 22.5 Å². The molecule has 5 heteroatoms. The molecule has 0 saturated heterocycles. The SMILES string of the molecule is CCS(=O)(=O)c1ccc(NCc2cccc(N)c2C)cc1. The predicted octanol–water partition coefficient (Wildman–Crippen LogP) is 2.98. The Hall–Kier alpha value is -2.01. The molecule has 0 saturated carbocycles. The van der Waals surface area contributed by atoms with Crippen LogP contribution < -0.4 is 11.1 Å². The van der Waals surface area contributed by atoms with Crippen molar-refractivity contribution in [3.63, 3.8) is 0 Å². The Kier molecular flexibility index (Phi) is 4.53. The van der Waals surface area contributed by atoms with Gasteiger partial charge in [-0.15, -0.1) is 0 Å². The summed E-state index contributed by atoms with van der Waals surface area (Å²) in [4.78, 5) is 0.357. The van der Waals surface area contributed by atoms with Crippen LogP contribution in [-0.2, 0) is 16.4 Å². The lowest BCUT2D eigenvalue weighted by Crippen LogP contribution is -2.05. The second-order valence-corrected chi connectivity index (χ2v) is 7.19. The van der Waals surface area contributed by atoms with Crippen LogP contribution in [0.3, 0.4) is 0 Å². The molecule has 0 bridgehead atoms. The highest BCUT2D eigenvalue weighted by atomic mass is 32.2. The van der Waals surface area contributed by atoms with Crippen LogP contribution in [0.2, 0.25) is 0 Å². The summed E-state index contributed by atoms with van der Waals surface area (Å²) in [5, 5.41) is 3.28. The lowest BCUT2D eigenvalue weighted by molar-refractivity contribution is 0.597. The molecule has 0 aliphatic rings. The Morgan fingerprint density at radius 1 is 1.10 bits per heavy atom. The normalized spacial score (nSPS) is 11.3. The summed E-state index contributed by atoms with van der Waals surface area (Å²) in [7, 11) is -3.14. The van der Waals surface area contributed by atoms with E-state index in [0.29, 0.717) is 11.4 Å². The average Bonchev–Trinajstić information content (AvgIpc) is 2.49. The van der Waals surface area contributed by atoms with E-state index in [2.05, 4.69) is 5.32 Å². The summed E-state index contributed by atoms with van der Waals surface area (Å²) in [6, 6.07) is 12.7. The van der Waals surface area contributed by atoms with E-state index in [-0.39, 0.29) is 5.75 Å². The van der Waals surface area contributed by atoms with Crippen molar-refractivity contribution in [3.05, 3.63) is 53.6 Å². The highest BCUT2D eigenvalue weighted by Gasteiger charge is 2.10. The molecule has 21 heavy (non-hydrogen) atoms. The smallest absolute Gasteiger partial charge is 0.178 e. The summed E-state index contributed by atoms with van der Waals surface area (Å²) in [6.45, 7) is 4.28. The Morgan fingerprint density at radius 2 is 1.76 bits per heavy atom. The number of rotatable bonds is 5. The number of nitrogen functional groups attached to an aromatic ring is 1. The Morgan fingerprint density at radius 3 is 2.38 bits per heavy atom. The molecular formula is C16H20N2O2S. The van der Waals surface area contributed by atoms with Crippen LogP contribution in [0.5, 0.6) is 0 Å². The fourth-order valence-electron chi connectivity index (χ4n) is 2.04. The molecule has 0 aliphatic heterocycles. The van der Waals surface area contributed by atoms with Crippen molar-refractivity contribution in [2.24, 2.45) is 0 Å². The molecular weight excluding hydrogens is 284 g/mol. The molecule has 2 rings (SSSR count). The van der Waals surface area contributed by atoms with Crippen LogP contribution in [0.25, 0.3) is 0 Å². The monoisotopic (exact) mass is 304 g/mol. The first-order valence-electron chi connectivity index (χ1n) is 6.84. The molecule has 4 nitrogen and oxygen atoms in total. The summed E-state index contributed by atoms with van der Waals surface area (Å²) in [6.07, 6.45) is 0. The maximum atomic E-state index is 11.7. The van der Waals surface area contributed by atoms with E-state index in [1.54, 1.807) is 31.2 Å². The molecule has 0 radical (unpaired) electrons. The van der Waals surface area contributed by atoms with Crippen LogP contribution in [0.15, 0.2) is 47.4 Å². The summed E-state index contributed by atoms with van der Waals surface area (Å²) < 4.78 is 23.5. The summed E-state index contributed by atoms with van der Waals surface area (Å²) >= 11 is 0. The van der Waals surface area contributed by atoms with Crippen LogP contribution >= 0.6 is 0 Å². The van der Waals surface area contributed by atoms with Crippen LogP contribution in [-0.4, -0.2) is 14.2 Å². The van der Waals surface area contributed by atoms with Gasteiger partial charge in [0.2, 0.25) is 0 Å². The largest absolute Gasteiger partial charge is 0.399 e. The number of nitrogens with one attached hydrogen (secondary N) is 1. The lowest BCUT2D eigenvalue weighted by Gasteiger charge is -2.11. The van der Waals surface area contributed by atoms with Crippen molar-refractivity contribution in [2.45, 2.75) is 25.3 Å². The van der Waals surface area contributed by atoms with Gasteiger partial charge in [-0.05, 0) is 48.4 Å². The number of hydrogen-bond acceptors (Lipinski definition) is 4. The molecule has 0 amide bonds. The number of hydrogen-bond donors (Lipinski definition) is 2. The van der Waals surface area contributed by atoms with E-state index >= 15 is 0 Å². The first-order chi connectivity index (χ1) is 9.94. The molecule has 0 spiro atoms. The number of sulfone groups is 1. The van der Waals surface area contributed by atoms with Crippen molar-refractivity contribution >= 4 is 21.2 Å². The number of nitrogens with two attached hydrogens (primary N) is 1. The zero-order valence-electron chi connectivity index (χ0n) is 12.3. The summed E-state index contributed by atoms with van der Waals surface area (Å²) in [5.74, 6) is 0.113. The highest BCUT2D eigenvalue weighted by Crippen LogP contribution is 2.19. The van der Waals surface area contributed by atoms with Gasteiger partial charge < -0.3 is 11.1 Å². The van der Waals surface area contributed by atoms with E-state index in [9.17, 15) is 8.42 Å². The van der Waals surface area contributed by atoms with Gasteiger partial charge >= 0.3 is 0 Å². The van der Waals surface area contributed by atoms with Gasteiger partial charge in [-0.25, -0.2) is 8.42 Å². The number of anilines is 2. The molecule has 3 N–H and O–H groups in total. The molecule has 0 aliphatic carbocycles. The van der Waals surface area contributed by atoms with E-state index in [1.165, 1.54) is 0 Å². The standard InChI is InChI=1S/C16H20N2O2S/c1-3-21(19,20)15-9-7-14(8-10-15)18-11-13-5-4-6-16(17)12(13)2/h4-10,18H,3,11,17H2,1-2H3. The van der Waals surface area contributed by atoms with Gasteiger partial charge in [0.05, 0.1) is 10.6 Å². The van der Waals surface area contributed by atoms with Gasteiger partial charge in [-0.3, -0.25) is 0 Å². The molecule has 0 heterocycles. The highest BCUT2D eigenvalue weighted by molar-refractivity contribution is 7.91. The molecule has 0 aromatic heterocycles. The van der Waals surface area contributed by atoms with E-state index in [4.69, 9.17) is 5.73 Å². The van der Waals surface area contributed by atoms with Gasteiger partial charge in [0.25, 0.3) is 0 Å². The quantitative estimate of drug-likeness (QED) is 0.833. The van der Waals surface area contributed by atoms with E-state index in [1.807, 2.05) is 25.1 Å². The van der Waals surface area contributed by atoms with Crippen molar-refractivity contribution in [2.75, 3.05) is 16.8 Å². The van der Waals surface area contributed by atoms with Crippen molar-refractivity contribution in [1.29, 1.82) is 0 Å². The minimum absolute atomic E-state index is 0.113. The maximum absolute atomic E-state index is 11.7. The Balaban J connectivity index is 2.09. The van der Waals surface area contributed by atoms with Crippen molar-refractivity contribution < 1.29 is 8.42 Å². The first kappa shape index (κ1) is 15.4. The Bertz CT molecular complexity index is 722. The lowest BCUT2D eigenvalue weighted by atomic mass is 10.1. The maximum Gasteiger partial charge on any atom is 0.178 e. The third kappa shape index (κ3) is 3.55. The molecule has 112 valence electrons. The molecule has 0 fully saturated rings. The third-order valence-electron chi connectivity index (χ3n) is 3.56. The average molecular weight is 304 g/mol. The minimum atomic E-state index is -3.14. The van der Waals surface area contributed by atoms with Gasteiger partial charge in [0.1, 0.15) is 0 Å². The topological polar surface area (TPSA) is 72.2 Å². The molecule has 2 aromatic rings. The zero-order valence-corrected chi connectivity index (χ0v) is 13.1. The molecule has 0 atom stereocenters. The zero-order chi connectivity index (χ0) is 15.5. The van der Waals surface area contributed by atoms with Crippen LogP contribution in [0, 0.1) is 6.92 Å². The molecule has 0 unspecified atom stereocenters. The van der Waals surface area contributed by atoms with Crippen molar-refractivity contribution in [3.8, 4) is 0 Å². The fraction of sp³-hybridized carbons (Fsp3) is 0.250. The van der Waals surface area contributed by atoms with Crippen LogP contribution in [0.4, 0.5) is 11.4 Å². The van der Waals surface area contributed by atoms with E-state index < -0.39 is 9.84 Å². The Labute approximate surface area is 125 Å². The molecule has 2 aromatic carbocycles. The van der Waals surface area contributed by atoms with Gasteiger partial charge in [-0.1, -0.05) is 19.1 Å². The third-order valence-corrected chi connectivity index (χ3v) is 5.31. The summed E-state index contributed by atoms with van der Waals surface area (Å²) in [5.41, 5.74) is 9.73. The predicted molar refractivity (Wildman–Crippen MR) is 87.1 cm³/mol. The van der Waals surface area contributed by atoms with Crippen LogP contribution in [0.1, 0.15) is 18.1 Å². The second-order valence-electron chi connectivity index (χ2n) is 4.91. The van der Waals surface area contributed by atoms with Gasteiger partial charge in [-0.2, -0.15) is 0 Å². The van der Waals surface area contributed by atoms with Gasteiger partial charge in [0.15, 0.2) is 9.84 Å².